The van der Waals surface area contributed by atoms with Gasteiger partial charge in [0.15, 0.2) is 0 Å². The van der Waals surface area contributed by atoms with Gasteiger partial charge in [-0.25, -0.2) is 9.03 Å². The van der Waals surface area contributed by atoms with Crippen molar-refractivity contribution in [3.8, 4) is 16.9 Å². The Morgan fingerprint density at radius 1 is 1.04 bits per heavy atom. The zero-order valence-electron chi connectivity index (χ0n) is 12.7. The molecule has 4 N–H and O–H groups in total. The van der Waals surface area contributed by atoms with Crippen molar-refractivity contribution in [1.82, 2.24) is 4.72 Å². The van der Waals surface area contributed by atoms with Crippen molar-refractivity contribution < 1.29 is 28.5 Å². The van der Waals surface area contributed by atoms with Crippen molar-refractivity contribution in [2.45, 2.75) is 6.42 Å². The molecule has 1 heterocycles. The first-order valence-corrected chi connectivity index (χ1v) is 8.57. The van der Waals surface area contributed by atoms with Gasteiger partial charge in [0.1, 0.15) is 11.4 Å². The van der Waals surface area contributed by atoms with Gasteiger partial charge in [0.25, 0.3) is 0 Å². The van der Waals surface area contributed by atoms with Crippen LogP contribution >= 0.6 is 0 Å². The summed E-state index contributed by atoms with van der Waals surface area (Å²) in [6.45, 7) is 0. The largest absolute Gasteiger partial charge is 0.506 e. The van der Waals surface area contributed by atoms with E-state index in [1.165, 1.54) is 12.1 Å². The van der Waals surface area contributed by atoms with Crippen molar-refractivity contribution in [2.24, 2.45) is 0 Å². The molecule has 25 heavy (non-hydrogen) atoms. The molecule has 1 aliphatic heterocycles. The van der Waals surface area contributed by atoms with Crippen LogP contribution in [0.15, 0.2) is 54.5 Å². The van der Waals surface area contributed by atoms with E-state index in [1.54, 1.807) is 30.3 Å². The monoisotopic (exact) mass is 362 g/mol. The Kier molecular flexibility index (Phi) is 4.01. The molecule has 0 bridgehead atoms. The number of carboxylic acid groups (broad SMARTS) is 1. The highest BCUT2D eigenvalue weighted by Crippen LogP contribution is 2.35. The minimum absolute atomic E-state index is 0.0113. The maximum Gasteiger partial charge on any atom is 0.330 e. The number of nitrogens with zero attached hydrogens (tertiary/aromatic N) is 1. The smallest absolute Gasteiger partial charge is 0.330 e. The van der Waals surface area contributed by atoms with Gasteiger partial charge in [-0.1, -0.05) is 30.3 Å². The van der Waals surface area contributed by atoms with Crippen molar-refractivity contribution in [2.75, 3.05) is 4.31 Å². The average molecular weight is 362 g/mol. The molecule has 0 unspecified atom stereocenters. The molecule has 0 atom stereocenters. The number of aliphatic carboxylic acids is 1. The third kappa shape index (κ3) is 3.36. The molecule has 8 nitrogen and oxygen atoms in total. The molecule has 0 amide bonds. The van der Waals surface area contributed by atoms with E-state index < -0.39 is 22.1 Å². The van der Waals surface area contributed by atoms with Crippen molar-refractivity contribution >= 4 is 21.9 Å². The molecule has 130 valence electrons. The molecular weight excluding hydrogens is 348 g/mol. The van der Waals surface area contributed by atoms with Gasteiger partial charge in [-0.2, -0.15) is 8.42 Å². The first kappa shape index (κ1) is 16.7. The van der Waals surface area contributed by atoms with E-state index in [0.717, 1.165) is 16.1 Å². The third-order valence-corrected chi connectivity index (χ3v) is 4.87. The van der Waals surface area contributed by atoms with Crippen molar-refractivity contribution in [3.63, 3.8) is 0 Å². The summed E-state index contributed by atoms with van der Waals surface area (Å²) >= 11 is 0. The Bertz CT molecular complexity index is 967. The highest BCUT2D eigenvalue weighted by atomic mass is 32.2. The maximum atomic E-state index is 11.8. The van der Waals surface area contributed by atoms with Crippen LogP contribution in [0.2, 0.25) is 0 Å². The van der Waals surface area contributed by atoms with Gasteiger partial charge in [0.2, 0.25) is 5.88 Å². The number of aliphatic hydroxyl groups excluding tert-OH is 1. The van der Waals surface area contributed by atoms with E-state index in [1.807, 2.05) is 4.72 Å². The summed E-state index contributed by atoms with van der Waals surface area (Å²) in [6.07, 6.45) is 0.866. The first-order valence-electron chi connectivity index (χ1n) is 7.13. The minimum atomic E-state index is -3.98. The van der Waals surface area contributed by atoms with Gasteiger partial charge in [-0.05, 0) is 28.8 Å². The number of benzene rings is 2. The number of aromatic hydroxyl groups is 1. The predicted molar refractivity (Wildman–Crippen MR) is 90.1 cm³/mol. The predicted octanol–water partition coefficient (Wildman–Crippen LogP) is 1.70. The van der Waals surface area contributed by atoms with Crippen molar-refractivity contribution in [1.29, 1.82) is 0 Å². The number of nitrogens with one attached hydrogen (secondary N) is 1. The van der Waals surface area contributed by atoms with E-state index in [0.29, 0.717) is 11.1 Å². The Morgan fingerprint density at radius 3 is 2.20 bits per heavy atom. The van der Waals surface area contributed by atoms with Crippen LogP contribution in [-0.2, 0) is 21.4 Å². The van der Waals surface area contributed by atoms with Crippen LogP contribution < -0.4 is 9.03 Å². The molecule has 3 rings (SSSR count). The molecule has 0 saturated carbocycles. The lowest BCUT2D eigenvalue weighted by Gasteiger charge is -2.16. The van der Waals surface area contributed by atoms with E-state index in [2.05, 4.69) is 0 Å². The molecule has 0 saturated heterocycles. The Labute approximate surface area is 143 Å². The van der Waals surface area contributed by atoms with Crippen LogP contribution in [0.3, 0.4) is 0 Å². The number of hydrogen-bond donors (Lipinski definition) is 4. The number of hydrogen-bond acceptors (Lipinski definition) is 5. The fraction of sp³-hybridized carbons (Fsp3) is 0.0625. The Balaban J connectivity index is 1.91. The molecule has 2 aromatic rings. The molecule has 0 spiro atoms. The summed E-state index contributed by atoms with van der Waals surface area (Å²) < 4.78 is 26.3. The van der Waals surface area contributed by atoms with Gasteiger partial charge in [-0.15, -0.1) is 0 Å². The standard InChI is InChI=1S/C16H14N2O6S/c19-14-8-12(11-3-1-10(2-4-11)7-16(21)22)5-6-13(14)18-9-15(20)17-25(18,23)24/h1-6,8-9,17,19-20H,7H2,(H,21,22). The van der Waals surface area contributed by atoms with Gasteiger partial charge in [0, 0.05) is 0 Å². The van der Waals surface area contributed by atoms with E-state index in [-0.39, 0.29) is 17.9 Å². The number of phenols is 1. The maximum absolute atomic E-state index is 11.8. The highest BCUT2D eigenvalue weighted by Gasteiger charge is 2.30. The van der Waals surface area contributed by atoms with E-state index >= 15 is 0 Å². The lowest BCUT2D eigenvalue weighted by atomic mass is 10.0. The topological polar surface area (TPSA) is 127 Å². The van der Waals surface area contributed by atoms with Crippen molar-refractivity contribution in [3.05, 3.63) is 60.1 Å². The Hall–Kier alpha value is -3.20. The van der Waals surface area contributed by atoms with E-state index in [9.17, 15) is 23.4 Å². The fourth-order valence-corrected chi connectivity index (χ4v) is 3.53. The van der Waals surface area contributed by atoms with Crippen LogP contribution in [0.4, 0.5) is 5.69 Å². The molecule has 0 aliphatic carbocycles. The first-order chi connectivity index (χ1) is 11.8. The number of rotatable bonds is 4. The summed E-state index contributed by atoms with van der Waals surface area (Å²) in [5.41, 5.74) is 1.99. The number of phenolic OH excluding ortho intramolecular Hbond substituents is 1. The molecule has 9 heteroatoms. The quantitative estimate of drug-likeness (QED) is 0.655. The number of aliphatic hydroxyl groups is 1. The lowest BCUT2D eigenvalue weighted by molar-refractivity contribution is -0.136. The zero-order valence-corrected chi connectivity index (χ0v) is 13.6. The van der Waals surface area contributed by atoms with Crippen LogP contribution in [0, 0.1) is 0 Å². The second-order valence-electron chi connectivity index (χ2n) is 5.39. The van der Waals surface area contributed by atoms with Crippen LogP contribution in [0.25, 0.3) is 11.1 Å². The summed E-state index contributed by atoms with van der Waals surface area (Å²) in [4.78, 5) is 10.7. The third-order valence-electron chi connectivity index (χ3n) is 3.59. The SMILES string of the molecule is O=C(O)Cc1ccc(-c2ccc(N3C=C(O)NS3(=O)=O)c(O)c2)cc1. The Morgan fingerprint density at radius 2 is 1.68 bits per heavy atom. The molecule has 1 aliphatic rings. The molecule has 0 radical (unpaired) electrons. The molecule has 2 aromatic carbocycles. The average Bonchev–Trinajstić information content (AvgIpc) is 2.80. The fourth-order valence-electron chi connectivity index (χ4n) is 2.47. The molecule has 0 aromatic heterocycles. The van der Waals surface area contributed by atoms with Crippen LogP contribution in [0.5, 0.6) is 5.75 Å². The second kappa shape index (κ2) is 6.02. The minimum Gasteiger partial charge on any atom is -0.506 e. The normalized spacial score (nSPS) is 15.5. The highest BCUT2D eigenvalue weighted by molar-refractivity contribution is 7.91. The lowest BCUT2D eigenvalue weighted by Crippen LogP contribution is -2.29. The number of carbonyl (C=O) groups is 1. The molecular formula is C16H14N2O6S. The molecule has 0 fully saturated rings. The summed E-state index contributed by atoms with van der Waals surface area (Å²) in [5.74, 6) is -1.76. The second-order valence-corrected chi connectivity index (χ2v) is 6.94. The number of anilines is 1. The number of carboxylic acids is 1. The van der Waals surface area contributed by atoms with Gasteiger partial charge < -0.3 is 15.3 Å². The summed E-state index contributed by atoms with van der Waals surface area (Å²) in [6, 6.07) is 11.2. The van der Waals surface area contributed by atoms with Gasteiger partial charge in [0.05, 0.1) is 12.6 Å². The zero-order chi connectivity index (χ0) is 18.2. The van der Waals surface area contributed by atoms with Crippen LogP contribution in [-0.4, -0.2) is 29.7 Å². The van der Waals surface area contributed by atoms with Crippen LogP contribution in [0.1, 0.15) is 5.56 Å². The van der Waals surface area contributed by atoms with E-state index in [4.69, 9.17) is 5.11 Å². The summed E-state index contributed by atoms with van der Waals surface area (Å²) in [7, 11) is -3.98. The van der Waals surface area contributed by atoms with Gasteiger partial charge in [-0.3, -0.25) is 4.79 Å². The summed E-state index contributed by atoms with van der Waals surface area (Å²) in [5, 5.41) is 28.3. The van der Waals surface area contributed by atoms with Gasteiger partial charge >= 0.3 is 16.2 Å².